The predicted octanol–water partition coefficient (Wildman–Crippen LogP) is 1.54. The van der Waals surface area contributed by atoms with E-state index in [0.717, 1.165) is 50.0 Å². The van der Waals surface area contributed by atoms with Crippen LogP contribution in [0.1, 0.15) is 12.7 Å². The molecule has 118 valence electrons. The minimum atomic E-state index is 0.421. The van der Waals surface area contributed by atoms with Gasteiger partial charge in [-0.05, 0) is 31.2 Å². The van der Waals surface area contributed by atoms with E-state index in [1.807, 2.05) is 28.9 Å². The van der Waals surface area contributed by atoms with Crippen LogP contribution in [0.3, 0.4) is 0 Å². The lowest BCUT2D eigenvalue weighted by molar-refractivity contribution is 0.0199. The highest BCUT2D eigenvalue weighted by molar-refractivity contribution is 5.37. The Kier molecular flexibility index (Phi) is 4.70. The molecule has 0 radical (unpaired) electrons. The number of hydrogen-bond donors (Lipinski definition) is 0. The molecule has 1 saturated heterocycles. The number of nitrogens with zero attached hydrogens (tertiary/aromatic N) is 4. The molecule has 0 spiro atoms. The van der Waals surface area contributed by atoms with Gasteiger partial charge in [-0.3, -0.25) is 4.90 Å². The van der Waals surface area contributed by atoms with Crippen molar-refractivity contribution in [2.75, 3.05) is 33.4 Å². The van der Waals surface area contributed by atoms with Crippen LogP contribution in [0.4, 0.5) is 0 Å². The van der Waals surface area contributed by atoms with Gasteiger partial charge in [-0.15, -0.1) is 0 Å². The van der Waals surface area contributed by atoms with E-state index in [2.05, 4.69) is 21.9 Å². The van der Waals surface area contributed by atoms with Gasteiger partial charge in [-0.25, -0.2) is 9.67 Å². The lowest BCUT2D eigenvalue weighted by Gasteiger charge is -2.32. The first-order valence-electron chi connectivity index (χ1n) is 7.63. The summed E-state index contributed by atoms with van der Waals surface area (Å²) in [5, 5.41) is 4.36. The molecule has 1 aliphatic heterocycles. The third-order valence-corrected chi connectivity index (χ3v) is 4.08. The van der Waals surface area contributed by atoms with E-state index >= 15 is 0 Å². The molecule has 1 fully saturated rings. The van der Waals surface area contributed by atoms with Crippen LogP contribution >= 0.6 is 0 Å². The van der Waals surface area contributed by atoms with Crippen LogP contribution in [-0.2, 0) is 11.2 Å². The molecule has 0 amide bonds. The Hall–Kier alpha value is -1.92. The smallest absolute Gasteiger partial charge is 0.138 e. The molecule has 6 heteroatoms. The van der Waals surface area contributed by atoms with E-state index in [-0.39, 0.29) is 0 Å². The molecule has 1 aromatic carbocycles. The third kappa shape index (κ3) is 3.28. The minimum absolute atomic E-state index is 0.421. The van der Waals surface area contributed by atoms with Crippen molar-refractivity contribution in [3.8, 4) is 11.4 Å². The summed E-state index contributed by atoms with van der Waals surface area (Å²) in [6.07, 6.45) is 2.48. The molecule has 6 nitrogen and oxygen atoms in total. The number of aromatic nitrogens is 3. The van der Waals surface area contributed by atoms with Crippen molar-refractivity contribution in [1.29, 1.82) is 0 Å². The van der Waals surface area contributed by atoms with Gasteiger partial charge in [-0.1, -0.05) is 0 Å². The fraction of sp³-hybridized carbons (Fsp3) is 0.500. The van der Waals surface area contributed by atoms with E-state index in [9.17, 15) is 0 Å². The molecule has 2 heterocycles. The molecule has 1 aliphatic rings. The van der Waals surface area contributed by atoms with Crippen LogP contribution in [0, 0.1) is 0 Å². The van der Waals surface area contributed by atoms with Crippen molar-refractivity contribution in [3.05, 3.63) is 36.4 Å². The predicted molar refractivity (Wildman–Crippen MR) is 83.5 cm³/mol. The van der Waals surface area contributed by atoms with Crippen LogP contribution < -0.4 is 4.74 Å². The lowest BCUT2D eigenvalue weighted by atomic mass is 10.2. The van der Waals surface area contributed by atoms with Gasteiger partial charge in [0.15, 0.2) is 0 Å². The summed E-state index contributed by atoms with van der Waals surface area (Å²) in [6.45, 7) is 5.83. The third-order valence-electron chi connectivity index (χ3n) is 4.08. The summed E-state index contributed by atoms with van der Waals surface area (Å²) in [5.74, 6) is 1.82. The lowest BCUT2D eigenvalue weighted by Crippen LogP contribution is -2.43. The van der Waals surface area contributed by atoms with Gasteiger partial charge in [0.05, 0.1) is 26.0 Å². The van der Waals surface area contributed by atoms with Crippen molar-refractivity contribution < 1.29 is 9.47 Å². The summed E-state index contributed by atoms with van der Waals surface area (Å²) < 4.78 is 12.5. The molecule has 0 bridgehead atoms. The van der Waals surface area contributed by atoms with Crippen LogP contribution in [0.25, 0.3) is 5.69 Å². The van der Waals surface area contributed by atoms with Crippen LogP contribution in [-0.4, -0.2) is 59.1 Å². The molecule has 22 heavy (non-hydrogen) atoms. The Morgan fingerprint density at radius 1 is 1.23 bits per heavy atom. The molecule has 3 rings (SSSR count). The van der Waals surface area contributed by atoms with Gasteiger partial charge in [0.25, 0.3) is 0 Å². The number of ether oxygens (including phenoxy) is 2. The van der Waals surface area contributed by atoms with Crippen molar-refractivity contribution in [1.82, 2.24) is 19.7 Å². The second-order valence-corrected chi connectivity index (χ2v) is 5.49. The van der Waals surface area contributed by atoms with Crippen LogP contribution in [0.2, 0.25) is 0 Å². The SMILES string of the molecule is COc1ccc(-n2ncnc2CC(C)N2CCOCC2)cc1. The number of hydrogen-bond acceptors (Lipinski definition) is 5. The molecular weight excluding hydrogens is 280 g/mol. The molecule has 0 N–H and O–H groups in total. The Morgan fingerprint density at radius 2 is 1.95 bits per heavy atom. The number of rotatable bonds is 5. The van der Waals surface area contributed by atoms with Crippen molar-refractivity contribution in [2.45, 2.75) is 19.4 Å². The largest absolute Gasteiger partial charge is 0.497 e. The highest BCUT2D eigenvalue weighted by Crippen LogP contribution is 2.16. The topological polar surface area (TPSA) is 52.4 Å². The van der Waals surface area contributed by atoms with Crippen molar-refractivity contribution >= 4 is 0 Å². The zero-order valence-corrected chi connectivity index (χ0v) is 13.1. The Balaban J connectivity index is 1.73. The maximum absolute atomic E-state index is 5.41. The minimum Gasteiger partial charge on any atom is -0.497 e. The first kappa shape index (κ1) is 15.0. The van der Waals surface area contributed by atoms with Gasteiger partial charge in [-0.2, -0.15) is 5.10 Å². The average molecular weight is 302 g/mol. The zero-order chi connectivity index (χ0) is 15.4. The molecule has 0 aliphatic carbocycles. The summed E-state index contributed by atoms with van der Waals surface area (Å²) >= 11 is 0. The zero-order valence-electron chi connectivity index (χ0n) is 13.1. The standard InChI is InChI=1S/C16H22N4O2/c1-13(19-7-9-22-10-8-19)11-16-17-12-18-20(16)14-3-5-15(21-2)6-4-14/h3-6,12-13H,7-11H2,1-2H3. The van der Waals surface area contributed by atoms with Crippen molar-refractivity contribution in [2.24, 2.45) is 0 Å². The molecule has 0 saturated carbocycles. The van der Waals surface area contributed by atoms with E-state index in [1.165, 1.54) is 0 Å². The quantitative estimate of drug-likeness (QED) is 0.838. The number of benzene rings is 1. The van der Waals surface area contributed by atoms with Crippen LogP contribution in [0.15, 0.2) is 30.6 Å². The number of methoxy groups -OCH3 is 1. The van der Waals surface area contributed by atoms with Gasteiger partial charge < -0.3 is 9.47 Å². The van der Waals surface area contributed by atoms with Gasteiger partial charge in [0, 0.05) is 25.6 Å². The molecular formula is C16H22N4O2. The molecule has 1 aromatic heterocycles. The van der Waals surface area contributed by atoms with Crippen LogP contribution in [0.5, 0.6) is 5.75 Å². The second kappa shape index (κ2) is 6.89. The monoisotopic (exact) mass is 302 g/mol. The normalized spacial score (nSPS) is 17.4. The first-order chi connectivity index (χ1) is 10.8. The maximum Gasteiger partial charge on any atom is 0.138 e. The van der Waals surface area contributed by atoms with E-state index in [0.29, 0.717) is 6.04 Å². The van der Waals surface area contributed by atoms with Crippen molar-refractivity contribution in [3.63, 3.8) is 0 Å². The number of morpholine rings is 1. The highest BCUT2D eigenvalue weighted by Gasteiger charge is 2.19. The summed E-state index contributed by atoms with van der Waals surface area (Å²) in [5.41, 5.74) is 1.00. The fourth-order valence-corrected chi connectivity index (χ4v) is 2.76. The van der Waals surface area contributed by atoms with Gasteiger partial charge in [0.2, 0.25) is 0 Å². The summed E-state index contributed by atoms with van der Waals surface area (Å²) in [6, 6.07) is 8.29. The molecule has 2 aromatic rings. The Morgan fingerprint density at radius 3 is 2.64 bits per heavy atom. The summed E-state index contributed by atoms with van der Waals surface area (Å²) in [7, 11) is 1.67. The second-order valence-electron chi connectivity index (χ2n) is 5.49. The molecule has 1 unspecified atom stereocenters. The maximum atomic E-state index is 5.41. The first-order valence-corrected chi connectivity index (χ1v) is 7.63. The highest BCUT2D eigenvalue weighted by atomic mass is 16.5. The van der Waals surface area contributed by atoms with E-state index < -0.39 is 0 Å². The van der Waals surface area contributed by atoms with E-state index in [4.69, 9.17) is 9.47 Å². The fourth-order valence-electron chi connectivity index (χ4n) is 2.76. The van der Waals surface area contributed by atoms with E-state index in [1.54, 1.807) is 13.4 Å². The average Bonchev–Trinajstić information content (AvgIpc) is 3.04. The Labute approximate surface area is 130 Å². The summed E-state index contributed by atoms with van der Waals surface area (Å²) in [4.78, 5) is 6.87. The molecule has 1 atom stereocenters. The van der Waals surface area contributed by atoms with Gasteiger partial charge in [0.1, 0.15) is 17.9 Å². The Bertz CT molecular complexity index is 590. The van der Waals surface area contributed by atoms with Gasteiger partial charge >= 0.3 is 0 Å².